The van der Waals surface area contributed by atoms with Crippen LogP contribution in [0.1, 0.15) is 56.1 Å². The number of aliphatic hydroxyl groups is 1. The molecule has 3 aliphatic rings. The first-order valence-electron chi connectivity index (χ1n) is 9.42. The van der Waals surface area contributed by atoms with Crippen LogP contribution < -0.4 is 4.74 Å². The molecule has 2 N–H and O–H groups in total. The zero-order valence-electron chi connectivity index (χ0n) is 14.9. The maximum atomic E-state index is 12.5. The topological polar surface area (TPSA) is 49.7 Å². The number of benzene rings is 1. The summed E-state index contributed by atoms with van der Waals surface area (Å²) in [4.78, 5) is 0. The Morgan fingerprint density at radius 1 is 1.19 bits per heavy atom. The first-order chi connectivity index (χ1) is 12.2. The summed E-state index contributed by atoms with van der Waals surface area (Å²) in [5.74, 6) is 0.872. The van der Waals surface area contributed by atoms with Crippen molar-refractivity contribution in [2.24, 2.45) is 17.3 Å². The van der Waals surface area contributed by atoms with Gasteiger partial charge < -0.3 is 14.9 Å². The van der Waals surface area contributed by atoms with E-state index in [1.54, 1.807) is 12.1 Å². The summed E-state index contributed by atoms with van der Waals surface area (Å²) in [6.07, 6.45) is 0.845. The van der Waals surface area contributed by atoms with Crippen molar-refractivity contribution in [3.8, 4) is 11.5 Å². The number of phenolic OH excluding ortho intramolecular Hbond substituents is 1. The third-order valence-corrected chi connectivity index (χ3v) is 7.15. The molecule has 2 saturated carbocycles. The molecule has 5 atom stereocenters. The fraction of sp³-hybridized carbons (Fsp3) is 0.700. The lowest BCUT2D eigenvalue weighted by molar-refractivity contribution is -0.153. The van der Waals surface area contributed by atoms with Gasteiger partial charge in [-0.2, -0.15) is 13.2 Å². The summed E-state index contributed by atoms with van der Waals surface area (Å²) in [5, 5.41) is 20.5. The smallest absolute Gasteiger partial charge is 0.422 e. The van der Waals surface area contributed by atoms with Gasteiger partial charge in [-0.25, -0.2) is 0 Å². The first kappa shape index (κ1) is 18.0. The second-order valence-electron chi connectivity index (χ2n) is 8.48. The zero-order chi connectivity index (χ0) is 18.7. The van der Waals surface area contributed by atoms with Crippen molar-refractivity contribution in [3.63, 3.8) is 0 Å². The van der Waals surface area contributed by atoms with Gasteiger partial charge in [-0.1, -0.05) is 6.92 Å². The number of halogens is 3. The number of aliphatic hydroxyl groups excluding tert-OH is 1. The Balaban J connectivity index is 1.63. The van der Waals surface area contributed by atoms with Crippen molar-refractivity contribution in [3.05, 3.63) is 23.3 Å². The van der Waals surface area contributed by atoms with Crippen LogP contribution in [0.2, 0.25) is 0 Å². The highest BCUT2D eigenvalue weighted by Gasteiger charge is 2.54. The zero-order valence-corrected chi connectivity index (χ0v) is 14.9. The fourth-order valence-electron chi connectivity index (χ4n) is 5.84. The molecule has 4 rings (SSSR count). The molecule has 144 valence electrons. The Morgan fingerprint density at radius 3 is 2.69 bits per heavy atom. The molecule has 26 heavy (non-hydrogen) atoms. The lowest BCUT2D eigenvalue weighted by Crippen LogP contribution is -2.43. The van der Waals surface area contributed by atoms with E-state index in [0.717, 1.165) is 49.7 Å². The van der Waals surface area contributed by atoms with Gasteiger partial charge in [0.2, 0.25) is 0 Å². The van der Waals surface area contributed by atoms with Crippen molar-refractivity contribution < 1.29 is 28.1 Å². The van der Waals surface area contributed by atoms with Crippen molar-refractivity contribution in [1.29, 1.82) is 0 Å². The summed E-state index contributed by atoms with van der Waals surface area (Å²) in [6, 6.07) is 3.20. The molecule has 0 unspecified atom stereocenters. The summed E-state index contributed by atoms with van der Waals surface area (Å²) >= 11 is 0. The average molecular weight is 370 g/mol. The van der Waals surface area contributed by atoms with Crippen LogP contribution in [-0.2, 0) is 6.42 Å². The molecule has 1 aromatic rings. The van der Waals surface area contributed by atoms with E-state index in [0.29, 0.717) is 11.8 Å². The van der Waals surface area contributed by atoms with Gasteiger partial charge in [0.1, 0.15) is 0 Å². The molecule has 2 fully saturated rings. The Morgan fingerprint density at radius 2 is 1.96 bits per heavy atom. The quantitative estimate of drug-likeness (QED) is 0.803. The minimum Gasteiger partial charge on any atom is -0.504 e. The normalized spacial score (nSPS) is 36.2. The maximum absolute atomic E-state index is 12.5. The molecule has 0 aliphatic heterocycles. The molecule has 0 amide bonds. The van der Waals surface area contributed by atoms with E-state index >= 15 is 0 Å². The van der Waals surface area contributed by atoms with Gasteiger partial charge in [0.15, 0.2) is 18.1 Å². The van der Waals surface area contributed by atoms with Gasteiger partial charge in [0.05, 0.1) is 6.10 Å². The van der Waals surface area contributed by atoms with Crippen LogP contribution in [0.25, 0.3) is 0 Å². The van der Waals surface area contributed by atoms with Gasteiger partial charge in [-0.3, -0.25) is 0 Å². The monoisotopic (exact) mass is 370 g/mol. The summed E-state index contributed by atoms with van der Waals surface area (Å²) in [6.45, 7) is 0.788. The third kappa shape index (κ3) is 2.86. The predicted octanol–water partition coefficient (Wildman–Crippen LogP) is 4.55. The predicted molar refractivity (Wildman–Crippen MR) is 90.3 cm³/mol. The van der Waals surface area contributed by atoms with Crippen LogP contribution >= 0.6 is 0 Å². The third-order valence-electron chi connectivity index (χ3n) is 7.15. The first-order valence-corrected chi connectivity index (χ1v) is 9.42. The molecule has 0 bridgehead atoms. The summed E-state index contributed by atoms with van der Waals surface area (Å²) in [5.41, 5.74) is 2.01. The van der Waals surface area contributed by atoms with E-state index in [1.165, 1.54) is 0 Å². The standard InChI is InChI=1S/C20H25F3O3/c1-19-7-6-12-13(15(19)4-5-18(19)25)3-2-11-8-16(24)17(9-14(11)12)26-10-20(21,22)23/h8-9,12-13,15,18,24-25H,2-7,10H2,1H3/t12-,13+,15+,18+,19-/m1/s1. The van der Waals surface area contributed by atoms with Crippen LogP contribution in [0, 0.1) is 17.3 Å². The number of rotatable bonds is 2. The van der Waals surface area contributed by atoms with Gasteiger partial charge in [0, 0.05) is 0 Å². The Hall–Kier alpha value is -1.43. The van der Waals surface area contributed by atoms with E-state index in [1.807, 2.05) is 0 Å². The number of aryl methyl sites for hydroxylation is 1. The van der Waals surface area contributed by atoms with E-state index in [9.17, 15) is 23.4 Å². The lowest BCUT2D eigenvalue weighted by Gasteiger charge is -2.50. The number of hydrogen-bond acceptors (Lipinski definition) is 3. The SMILES string of the molecule is C[C@@]12CC[C@H]3c4cc(OCC(F)(F)F)c(O)cc4CC[C@@H]3[C@@H]1CC[C@@H]2O. The van der Waals surface area contributed by atoms with E-state index in [4.69, 9.17) is 4.74 Å². The molecule has 0 aromatic heterocycles. The number of phenols is 1. The highest BCUT2D eigenvalue weighted by atomic mass is 19.4. The summed E-state index contributed by atoms with van der Waals surface area (Å²) < 4.78 is 42.3. The van der Waals surface area contributed by atoms with Crippen molar-refractivity contribution in [1.82, 2.24) is 0 Å². The molecule has 0 spiro atoms. The lowest BCUT2D eigenvalue weighted by atomic mass is 9.55. The summed E-state index contributed by atoms with van der Waals surface area (Å²) in [7, 11) is 0. The number of aromatic hydroxyl groups is 1. The van der Waals surface area contributed by atoms with Crippen molar-refractivity contribution >= 4 is 0 Å². The number of ether oxygens (including phenoxy) is 1. The molecule has 3 nitrogen and oxygen atoms in total. The minimum absolute atomic E-state index is 0.0365. The van der Waals surface area contributed by atoms with Gasteiger partial charge >= 0.3 is 6.18 Å². The average Bonchev–Trinajstić information content (AvgIpc) is 2.87. The van der Waals surface area contributed by atoms with E-state index in [2.05, 4.69) is 6.92 Å². The van der Waals surface area contributed by atoms with Crippen LogP contribution in [0.5, 0.6) is 11.5 Å². The molecule has 6 heteroatoms. The molecule has 3 aliphatic carbocycles. The van der Waals surface area contributed by atoms with E-state index < -0.39 is 12.8 Å². The molecular formula is C20H25F3O3. The number of alkyl halides is 3. The minimum atomic E-state index is -4.43. The molecule has 0 heterocycles. The van der Waals surface area contributed by atoms with Crippen molar-refractivity contribution in [2.45, 2.75) is 63.6 Å². The second-order valence-corrected chi connectivity index (χ2v) is 8.48. The highest BCUT2D eigenvalue weighted by Crippen LogP contribution is 2.61. The fourth-order valence-corrected chi connectivity index (χ4v) is 5.84. The number of fused-ring (bicyclic) bond motifs is 5. The van der Waals surface area contributed by atoms with Crippen LogP contribution in [0.15, 0.2) is 12.1 Å². The number of hydrogen-bond donors (Lipinski definition) is 2. The Bertz CT molecular complexity index is 702. The molecule has 0 saturated heterocycles. The molecular weight excluding hydrogens is 345 g/mol. The second kappa shape index (κ2) is 6.04. The maximum Gasteiger partial charge on any atom is 0.422 e. The van der Waals surface area contributed by atoms with Crippen molar-refractivity contribution in [2.75, 3.05) is 6.61 Å². The van der Waals surface area contributed by atoms with Gasteiger partial charge in [0.25, 0.3) is 0 Å². The van der Waals surface area contributed by atoms with E-state index in [-0.39, 0.29) is 28.9 Å². The molecule has 0 radical (unpaired) electrons. The van der Waals surface area contributed by atoms with Crippen LogP contribution in [0.3, 0.4) is 0 Å². The van der Waals surface area contributed by atoms with Gasteiger partial charge in [-0.15, -0.1) is 0 Å². The molecule has 1 aromatic carbocycles. The van der Waals surface area contributed by atoms with Gasteiger partial charge in [-0.05, 0) is 85.0 Å². The Kier molecular flexibility index (Phi) is 4.17. The van der Waals surface area contributed by atoms with Crippen LogP contribution in [0.4, 0.5) is 13.2 Å². The highest BCUT2D eigenvalue weighted by molar-refractivity contribution is 5.49. The largest absolute Gasteiger partial charge is 0.504 e. The Labute approximate surface area is 151 Å². The van der Waals surface area contributed by atoms with Crippen LogP contribution in [-0.4, -0.2) is 29.1 Å².